The summed E-state index contributed by atoms with van der Waals surface area (Å²) in [6, 6.07) is 0. The third-order valence-corrected chi connectivity index (χ3v) is 13.6. The number of hydrogen-bond donors (Lipinski definition) is 0. The third-order valence-electron chi connectivity index (χ3n) is 2.77. The summed E-state index contributed by atoms with van der Waals surface area (Å²) in [6.45, 7) is 0. The maximum absolute atomic E-state index is 11.5. The number of rotatable bonds is 3. The topological polar surface area (TPSA) is 68.3 Å². The van der Waals surface area contributed by atoms with Crippen LogP contribution in [0, 0.1) is 0 Å². The van der Waals surface area contributed by atoms with E-state index in [2.05, 4.69) is 31.9 Å². The van der Waals surface area contributed by atoms with Gasteiger partial charge in [0.15, 0.2) is 19.7 Å². The molecule has 0 unspecified atom stereocenters. The van der Waals surface area contributed by atoms with E-state index in [0.717, 1.165) is 0 Å². The van der Waals surface area contributed by atoms with Gasteiger partial charge < -0.3 is 0 Å². The van der Waals surface area contributed by atoms with Crippen molar-refractivity contribution in [2.24, 2.45) is 0 Å². The summed E-state index contributed by atoms with van der Waals surface area (Å²) in [5.74, 6) is 0.692. The minimum Gasteiger partial charge on any atom is -0.229 e. The Morgan fingerprint density at radius 3 is 1.28 bits per heavy atom. The zero-order chi connectivity index (χ0) is 13.6. The Bertz CT molecular complexity index is 469. The Labute approximate surface area is 132 Å². The van der Waals surface area contributed by atoms with Gasteiger partial charge in [0.25, 0.3) is 0 Å². The highest BCUT2D eigenvalue weighted by atomic mass is 79.9. The van der Waals surface area contributed by atoms with Gasteiger partial charge in [0, 0.05) is 20.2 Å². The summed E-state index contributed by atoms with van der Waals surface area (Å²) >= 11 is 6.77. The molecule has 0 spiro atoms. The monoisotopic (exact) mass is 458 g/mol. The molecule has 18 heavy (non-hydrogen) atoms. The molecule has 0 N–H and O–H groups in total. The van der Waals surface area contributed by atoms with E-state index in [0.29, 0.717) is 0 Å². The molecule has 4 atom stereocenters. The fraction of sp³-hybridized carbons (Fsp3) is 1.00. The molecule has 0 aliphatic carbocycles. The van der Waals surface area contributed by atoms with Crippen molar-refractivity contribution in [3.8, 4) is 0 Å². The Hall–Kier alpha value is 1.56. The van der Waals surface area contributed by atoms with Crippen LogP contribution in [0.4, 0.5) is 0 Å². The SMILES string of the molecule is O=S1(=O)C[C@H](Br)[C@H](SS[C@@H]2CS(=O)(=O)C[C@@H]2Br)C1. The summed E-state index contributed by atoms with van der Waals surface area (Å²) in [7, 11) is -2.89. The van der Waals surface area contributed by atoms with Gasteiger partial charge in [0.2, 0.25) is 0 Å². The van der Waals surface area contributed by atoms with Gasteiger partial charge in [0.1, 0.15) is 0 Å². The van der Waals surface area contributed by atoms with E-state index in [1.165, 1.54) is 21.6 Å². The average Bonchev–Trinajstić information content (AvgIpc) is 2.59. The predicted molar refractivity (Wildman–Crippen MR) is 85.5 cm³/mol. The highest BCUT2D eigenvalue weighted by molar-refractivity contribution is 9.10. The van der Waals surface area contributed by atoms with E-state index in [9.17, 15) is 16.8 Å². The molecular formula is C8H12Br2O4S4. The first-order chi connectivity index (χ1) is 8.19. The highest BCUT2D eigenvalue weighted by Crippen LogP contribution is 2.43. The van der Waals surface area contributed by atoms with Crippen molar-refractivity contribution in [3.63, 3.8) is 0 Å². The standard InChI is InChI=1S/C8H12Br2O4S4/c9-5-1-17(11,12)3-7(5)15-16-8-4-18(13,14)2-6(8)10/h5-8H,1-4H2/t5-,6-,7+,8+/m0/s1. The first kappa shape index (κ1) is 15.9. The molecule has 0 saturated carbocycles. The first-order valence-corrected chi connectivity index (χ1v) is 12.9. The molecule has 2 heterocycles. The minimum absolute atomic E-state index is 0.00278. The van der Waals surface area contributed by atoms with Crippen molar-refractivity contribution in [1.29, 1.82) is 0 Å². The van der Waals surface area contributed by atoms with Crippen LogP contribution in [0.5, 0.6) is 0 Å². The lowest BCUT2D eigenvalue weighted by Gasteiger charge is -2.15. The minimum atomic E-state index is -2.94. The molecule has 2 rings (SSSR count). The van der Waals surface area contributed by atoms with Gasteiger partial charge in [-0.1, -0.05) is 53.4 Å². The maximum atomic E-state index is 11.5. The Morgan fingerprint density at radius 1 is 0.722 bits per heavy atom. The molecule has 2 saturated heterocycles. The van der Waals surface area contributed by atoms with Crippen LogP contribution in [0.1, 0.15) is 0 Å². The largest absolute Gasteiger partial charge is 0.229 e. The van der Waals surface area contributed by atoms with Crippen molar-refractivity contribution < 1.29 is 16.8 Å². The second-order valence-corrected chi connectivity index (χ2v) is 13.9. The number of sulfone groups is 2. The van der Waals surface area contributed by atoms with E-state index < -0.39 is 19.7 Å². The number of halogens is 2. The normalized spacial score (nSPS) is 42.1. The summed E-state index contributed by atoms with van der Waals surface area (Å²) < 4.78 is 45.8. The summed E-state index contributed by atoms with van der Waals surface area (Å²) in [5, 5.41) is 0.00556. The molecule has 10 heteroatoms. The van der Waals surface area contributed by atoms with Crippen molar-refractivity contribution in [2.45, 2.75) is 20.2 Å². The van der Waals surface area contributed by atoms with Gasteiger partial charge in [-0.2, -0.15) is 0 Å². The van der Waals surface area contributed by atoms with Crippen molar-refractivity contribution in [3.05, 3.63) is 0 Å². The zero-order valence-electron chi connectivity index (χ0n) is 9.16. The molecule has 4 nitrogen and oxygen atoms in total. The zero-order valence-corrected chi connectivity index (χ0v) is 15.6. The van der Waals surface area contributed by atoms with E-state index in [1.54, 1.807) is 0 Å². The Kier molecular flexibility index (Phi) is 5.09. The lowest BCUT2D eigenvalue weighted by atomic mass is 10.4. The lowest BCUT2D eigenvalue weighted by molar-refractivity contribution is 0.600. The number of hydrogen-bond acceptors (Lipinski definition) is 6. The van der Waals surface area contributed by atoms with Gasteiger partial charge in [-0.15, -0.1) is 0 Å². The maximum Gasteiger partial charge on any atom is 0.152 e. The molecule has 2 fully saturated rings. The number of alkyl halides is 2. The Morgan fingerprint density at radius 2 is 1.06 bits per heavy atom. The molecule has 0 aromatic heterocycles. The van der Waals surface area contributed by atoms with Crippen LogP contribution in [-0.2, 0) is 19.7 Å². The molecule has 0 bridgehead atoms. The van der Waals surface area contributed by atoms with Gasteiger partial charge in [-0.05, 0) is 0 Å². The van der Waals surface area contributed by atoms with Crippen LogP contribution in [0.25, 0.3) is 0 Å². The highest BCUT2D eigenvalue weighted by Gasteiger charge is 2.40. The third kappa shape index (κ3) is 4.03. The quantitative estimate of drug-likeness (QED) is 0.470. The second-order valence-electron chi connectivity index (χ2n) is 4.46. The van der Waals surface area contributed by atoms with Gasteiger partial charge in [0.05, 0.1) is 23.0 Å². The fourth-order valence-corrected chi connectivity index (χ4v) is 15.1. The van der Waals surface area contributed by atoms with Crippen LogP contribution >= 0.6 is 53.4 Å². The summed E-state index contributed by atoms with van der Waals surface area (Å²) in [6.07, 6.45) is 0. The average molecular weight is 460 g/mol. The van der Waals surface area contributed by atoms with Crippen molar-refractivity contribution >= 4 is 73.1 Å². The van der Waals surface area contributed by atoms with Gasteiger partial charge in [-0.25, -0.2) is 16.8 Å². The molecular weight excluding hydrogens is 448 g/mol. The fourth-order valence-electron chi connectivity index (χ4n) is 1.86. The van der Waals surface area contributed by atoms with Crippen molar-refractivity contribution in [2.75, 3.05) is 23.0 Å². The summed E-state index contributed by atoms with van der Waals surface area (Å²) in [4.78, 5) is -0.0708. The van der Waals surface area contributed by atoms with E-state index in [1.807, 2.05) is 0 Å². The van der Waals surface area contributed by atoms with E-state index in [4.69, 9.17) is 0 Å². The molecule has 0 aromatic carbocycles. The second kappa shape index (κ2) is 5.75. The molecule has 0 amide bonds. The van der Waals surface area contributed by atoms with Crippen LogP contribution in [0.2, 0.25) is 0 Å². The van der Waals surface area contributed by atoms with E-state index >= 15 is 0 Å². The van der Waals surface area contributed by atoms with Gasteiger partial charge in [-0.3, -0.25) is 0 Å². The first-order valence-electron chi connectivity index (χ1n) is 5.20. The molecule has 2 aliphatic rings. The van der Waals surface area contributed by atoms with Crippen LogP contribution in [0.15, 0.2) is 0 Å². The van der Waals surface area contributed by atoms with Crippen LogP contribution < -0.4 is 0 Å². The molecule has 2 aliphatic heterocycles. The van der Waals surface area contributed by atoms with Gasteiger partial charge >= 0.3 is 0 Å². The predicted octanol–water partition coefficient (Wildman–Crippen LogP) is 1.49. The Balaban J connectivity index is 1.90. The van der Waals surface area contributed by atoms with Crippen LogP contribution in [0.3, 0.4) is 0 Å². The molecule has 0 aromatic rings. The molecule has 106 valence electrons. The smallest absolute Gasteiger partial charge is 0.152 e. The van der Waals surface area contributed by atoms with Crippen molar-refractivity contribution in [1.82, 2.24) is 0 Å². The van der Waals surface area contributed by atoms with Crippen LogP contribution in [-0.4, -0.2) is 60.0 Å². The lowest BCUT2D eigenvalue weighted by Crippen LogP contribution is -2.17. The van der Waals surface area contributed by atoms with E-state index in [-0.39, 0.29) is 43.2 Å². The molecule has 0 radical (unpaired) electrons. The summed E-state index contributed by atoms with van der Waals surface area (Å²) in [5.41, 5.74) is 0.